The molecule has 88 valence electrons. The van der Waals surface area contributed by atoms with Crippen molar-refractivity contribution in [2.24, 2.45) is 11.7 Å². The second kappa shape index (κ2) is 6.20. The van der Waals surface area contributed by atoms with Gasteiger partial charge in [0.2, 0.25) is 0 Å². The van der Waals surface area contributed by atoms with Gasteiger partial charge in [-0.1, -0.05) is 26.0 Å². The predicted molar refractivity (Wildman–Crippen MR) is 74.3 cm³/mol. The standard InChI is InChI=1S/C12H17IN2O/c1-8(2)11(14)7-15-12(16)9-5-3-4-6-10(9)13/h3-6,8,11H,7,14H2,1-2H3,(H,15,16). The molecule has 1 atom stereocenters. The quantitative estimate of drug-likeness (QED) is 0.829. The van der Waals surface area contributed by atoms with Gasteiger partial charge in [-0.2, -0.15) is 0 Å². The van der Waals surface area contributed by atoms with E-state index in [2.05, 4.69) is 27.9 Å². The number of nitrogens with one attached hydrogen (secondary N) is 1. The summed E-state index contributed by atoms with van der Waals surface area (Å²) in [7, 11) is 0. The maximum absolute atomic E-state index is 11.8. The summed E-state index contributed by atoms with van der Waals surface area (Å²) in [5.74, 6) is 0.316. The number of hydrogen-bond donors (Lipinski definition) is 2. The van der Waals surface area contributed by atoms with Crippen LogP contribution in [0.15, 0.2) is 24.3 Å². The molecular weight excluding hydrogens is 315 g/mol. The van der Waals surface area contributed by atoms with Crippen molar-refractivity contribution in [3.05, 3.63) is 33.4 Å². The van der Waals surface area contributed by atoms with Gasteiger partial charge in [-0.15, -0.1) is 0 Å². The molecule has 4 heteroatoms. The Bertz CT molecular complexity index is 366. The van der Waals surface area contributed by atoms with E-state index in [4.69, 9.17) is 5.73 Å². The molecule has 3 nitrogen and oxygen atoms in total. The summed E-state index contributed by atoms with van der Waals surface area (Å²) in [5, 5.41) is 2.85. The summed E-state index contributed by atoms with van der Waals surface area (Å²) in [4.78, 5) is 11.8. The van der Waals surface area contributed by atoms with Crippen molar-refractivity contribution < 1.29 is 4.79 Å². The highest BCUT2D eigenvalue weighted by molar-refractivity contribution is 14.1. The van der Waals surface area contributed by atoms with Crippen molar-refractivity contribution in [2.45, 2.75) is 19.9 Å². The Kier molecular flexibility index (Phi) is 5.21. The number of nitrogens with two attached hydrogens (primary N) is 1. The molecule has 1 amide bonds. The predicted octanol–water partition coefficient (Wildman–Crippen LogP) is 2.00. The van der Waals surface area contributed by atoms with E-state index in [1.54, 1.807) is 0 Å². The minimum absolute atomic E-state index is 0.00493. The number of carbonyl (C=O) groups excluding carboxylic acids is 1. The summed E-state index contributed by atoms with van der Waals surface area (Å²) in [6.45, 7) is 4.60. The number of halogens is 1. The third-order valence-electron chi connectivity index (χ3n) is 2.47. The third kappa shape index (κ3) is 3.75. The summed E-state index contributed by atoms with van der Waals surface area (Å²) in [5.41, 5.74) is 6.57. The van der Waals surface area contributed by atoms with Crippen LogP contribution in [-0.4, -0.2) is 18.5 Å². The Labute approximate surface area is 110 Å². The lowest BCUT2D eigenvalue weighted by molar-refractivity contribution is 0.0948. The van der Waals surface area contributed by atoms with Crippen LogP contribution in [0.3, 0.4) is 0 Å². The fourth-order valence-corrected chi connectivity index (χ4v) is 1.82. The summed E-state index contributed by atoms with van der Waals surface area (Å²) >= 11 is 2.15. The van der Waals surface area contributed by atoms with Crippen molar-refractivity contribution in [1.82, 2.24) is 5.32 Å². The Morgan fingerprint density at radius 2 is 2.06 bits per heavy atom. The van der Waals surface area contributed by atoms with E-state index in [9.17, 15) is 4.79 Å². The minimum Gasteiger partial charge on any atom is -0.350 e. The number of amides is 1. The van der Waals surface area contributed by atoms with Gasteiger partial charge < -0.3 is 11.1 Å². The van der Waals surface area contributed by atoms with Gasteiger partial charge in [-0.25, -0.2) is 0 Å². The van der Waals surface area contributed by atoms with Gasteiger partial charge in [-0.3, -0.25) is 4.79 Å². The number of carbonyl (C=O) groups is 1. The Balaban J connectivity index is 2.57. The zero-order chi connectivity index (χ0) is 12.1. The molecular formula is C12H17IN2O. The average molecular weight is 332 g/mol. The Morgan fingerprint density at radius 1 is 1.44 bits per heavy atom. The lowest BCUT2D eigenvalue weighted by atomic mass is 10.1. The average Bonchev–Trinajstić information content (AvgIpc) is 2.25. The third-order valence-corrected chi connectivity index (χ3v) is 3.41. The first kappa shape index (κ1) is 13.4. The normalized spacial score (nSPS) is 12.6. The molecule has 0 saturated heterocycles. The molecule has 1 aromatic carbocycles. The molecule has 3 N–H and O–H groups in total. The molecule has 0 heterocycles. The first-order chi connectivity index (χ1) is 7.52. The molecule has 0 aliphatic carbocycles. The molecule has 1 rings (SSSR count). The molecule has 0 spiro atoms. The maximum Gasteiger partial charge on any atom is 0.252 e. The van der Waals surface area contributed by atoms with Crippen LogP contribution in [0.5, 0.6) is 0 Å². The summed E-state index contributed by atoms with van der Waals surface area (Å²) in [6, 6.07) is 7.51. The smallest absolute Gasteiger partial charge is 0.252 e. The lowest BCUT2D eigenvalue weighted by Crippen LogP contribution is -2.40. The highest BCUT2D eigenvalue weighted by atomic mass is 127. The van der Waals surface area contributed by atoms with Crippen molar-refractivity contribution >= 4 is 28.5 Å². The van der Waals surface area contributed by atoms with Gasteiger partial charge in [0.05, 0.1) is 5.56 Å². The van der Waals surface area contributed by atoms with Gasteiger partial charge in [0.15, 0.2) is 0 Å². The first-order valence-electron chi connectivity index (χ1n) is 5.30. The zero-order valence-electron chi connectivity index (χ0n) is 9.53. The van der Waals surface area contributed by atoms with Gasteiger partial charge in [0.25, 0.3) is 5.91 Å². The molecule has 0 fully saturated rings. The SMILES string of the molecule is CC(C)C(N)CNC(=O)c1ccccc1I. The highest BCUT2D eigenvalue weighted by Crippen LogP contribution is 2.11. The van der Waals surface area contributed by atoms with Crippen LogP contribution in [-0.2, 0) is 0 Å². The number of benzene rings is 1. The van der Waals surface area contributed by atoms with Crippen LogP contribution >= 0.6 is 22.6 Å². The zero-order valence-corrected chi connectivity index (χ0v) is 11.7. The molecule has 0 saturated carbocycles. The van der Waals surface area contributed by atoms with Crippen LogP contribution in [0, 0.1) is 9.49 Å². The summed E-state index contributed by atoms with van der Waals surface area (Å²) < 4.78 is 0.954. The van der Waals surface area contributed by atoms with Crippen LogP contribution in [0.2, 0.25) is 0 Å². The molecule has 0 aromatic heterocycles. The van der Waals surface area contributed by atoms with Gasteiger partial charge in [-0.05, 0) is 40.6 Å². The van der Waals surface area contributed by atoms with E-state index in [1.165, 1.54) is 0 Å². The minimum atomic E-state index is -0.0545. The van der Waals surface area contributed by atoms with Gasteiger partial charge >= 0.3 is 0 Å². The molecule has 1 unspecified atom stereocenters. The second-order valence-corrected chi connectivity index (χ2v) is 5.26. The van der Waals surface area contributed by atoms with Crippen molar-refractivity contribution in [3.63, 3.8) is 0 Å². The fourth-order valence-electron chi connectivity index (χ4n) is 1.19. The molecule has 0 bridgehead atoms. The van der Waals surface area contributed by atoms with E-state index < -0.39 is 0 Å². The molecule has 0 aliphatic rings. The van der Waals surface area contributed by atoms with Crippen LogP contribution in [0.1, 0.15) is 24.2 Å². The van der Waals surface area contributed by atoms with E-state index in [0.717, 1.165) is 3.57 Å². The molecule has 16 heavy (non-hydrogen) atoms. The number of hydrogen-bond acceptors (Lipinski definition) is 2. The highest BCUT2D eigenvalue weighted by Gasteiger charge is 2.12. The second-order valence-electron chi connectivity index (χ2n) is 4.10. The molecule has 1 aromatic rings. The Morgan fingerprint density at radius 3 is 2.62 bits per heavy atom. The van der Waals surface area contributed by atoms with E-state index in [-0.39, 0.29) is 11.9 Å². The van der Waals surface area contributed by atoms with E-state index >= 15 is 0 Å². The molecule has 0 radical (unpaired) electrons. The van der Waals surface area contributed by atoms with Gasteiger partial charge in [0, 0.05) is 16.2 Å². The monoisotopic (exact) mass is 332 g/mol. The summed E-state index contributed by atoms with van der Waals surface area (Å²) in [6.07, 6.45) is 0. The van der Waals surface area contributed by atoms with E-state index in [1.807, 2.05) is 38.1 Å². The lowest BCUT2D eigenvalue weighted by Gasteiger charge is -2.16. The van der Waals surface area contributed by atoms with Crippen LogP contribution in [0.4, 0.5) is 0 Å². The van der Waals surface area contributed by atoms with Crippen molar-refractivity contribution in [1.29, 1.82) is 0 Å². The van der Waals surface area contributed by atoms with E-state index in [0.29, 0.717) is 18.0 Å². The van der Waals surface area contributed by atoms with Crippen LogP contribution < -0.4 is 11.1 Å². The Hall–Kier alpha value is -0.620. The number of rotatable bonds is 4. The molecule has 0 aliphatic heterocycles. The first-order valence-corrected chi connectivity index (χ1v) is 6.38. The largest absolute Gasteiger partial charge is 0.350 e. The van der Waals surface area contributed by atoms with Crippen molar-refractivity contribution in [2.75, 3.05) is 6.54 Å². The topological polar surface area (TPSA) is 55.1 Å². The maximum atomic E-state index is 11.8. The fraction of sp³-hybridized carbons (Fsp3) is 0.417. The van der Waals surface area contributed by atoms with Crippen molar-refractivity contribution in [3.8, 4) is 0 Å². The van der Waals surface area contributed by atoms with Crippen LogP contribution in [0.25, 0.3) is 0 Å². The van der Waals surface area contributed by atoms with Gasteiger partial charge in [0.1, 0.15) is 0 Å².